The average molecular weight is 458 g/mol. The molecule has 0 unspecified atom stereocenters. The van der Waals surface area contributed by atoms with E-state index in [0.29, 0.717) is 18.8 Å². The van der Waals surface area contributed by atoms with Crippen molar-refractivity contribution in [1.82, 2.24) is 18.8 Å². The van der Waals surface area contributed by atoms with Crippen LogP contribution in [0, 0.1) is 5.92 Å². The van der Waals surface area contributed by atoms with E-state index in [0.717, 1.165) is 27.6 Å². The molecular weight excluding hydrogens is 430 g/mol. The number of fused-ring (bicyclic) bond motifs is 2. The first-order valence-electron chi connectivity index (χ1n) is 10.8. The maximum Gasteiger partial charge on any atom is 0.335 e. The predicted octanol–water partition coefficient (Wildman–Crippen LogP) is 2.58. The van der Waals surface area contributed by atoms with E-state index in [1.54, 1.807) is 0 Å². The van der Waals surface area contributed by atoms with Gasteiger partial charge in [-0.2, -0.15) is 12.7 Å². The van der Waals surface area contributed by atoms with E-state index in [4.69, 9.17) is 0 Å². The first-order chi connectivity index (χ1) is 15.2. The number of nitrogens with one attached hydrogen (secondary N) is 1. The molecule has 170 valence electrons. The van der Waals surface area contributed by atoms with E-state index in [2.05, 4.69) is 46.5 Å². The Bertz CT molecular complexity index is 1260. The van der Waals surface area contributed by atoms with Crippen LogP contribution in [0.2, 0.25) is 0 Å². The third-order valence-electron chi connectivity index (χ3n) is 7.00. The van der Waals surface area contributed by atoms with Gasteiger partial charge in [0.2, 0.25) is 0 Å². The monoisotopic (exact) mass is 457 g/mol. The van der Waals surface area contributed by atoms with Gasteiger partial charge in [0.1, 0.15) is 17.8 Å². The normalized spacial score (nSPS) is 27.8. The smallest absolute Gasteiger partial charge is 0.335 e. The summed E-state index contributed by atoms with van der Waals surface area (Å²) in [7, 11) is -3.09. The van der Waals surface area contributed by atoms with Gasteiger partial charge in [-0.3, -0.25) is 4.55 Å². The molecule has 0 spiro atoms. The number of aromatic nitrogens is 3. The number of likely N-dealkylation sites (N-methyl/N-ethyl adjacent to an activating group) is 1. The van der Waals surface area contributed by atoms with Gasteiger partial charge < -0.3 is 15.0 Å². The molecular formula is C22H27N5O4S. The summed E-state index contributed by atoms with van der Waals surface area (Å²) in [5.74, 6) is 1.19. The predicted molar refractivity (Wildman–Crippen MR) is 121 cm³/mol. The first-order valence-corrected chi connectivity index (χ1v) is 12.2. The number of hydrogen-bond donors (Lipinski definition) is 3. The number of rotatable bonds is 5. The second-order valence-corrected chi connectivity index (χ2v) is 10.4. The van der Waals surface area contributed by atoms with Crippen LogP contribution in [0.25, 0.3) is 11.0 Å². The summed E-state index contributed by atoms with van der Waals surface area (Å²) in [6.45, 7) is 2.23. The molecule has 2 heterocycles. The van der Waals surface area contributed by atoms with Crippen LogP contribution < -0.4 is 5.32 Å². The Kier molecular flexibility index (Phi) is 5.20. The van der Waals surface area contributed by atoms with Gasteiger partial charge in [0.25, 0.3) is 0 Å². The topological polar surface area (TPSA) is 121 Å². The van der Waals surface area contributed by atoms with Crippen LogP contribution in [0.5, 0.6) is 0 Å². The molecule has 5 atom stereocenters. The Morgan fingerprint density at radius 3 is 2.75 bits per heavy atom. The van der Waals surface area contributed by atoms with E-state index in [1.165, 1.54) is 24.5 Å². The van der Waals surface area contributed by atoms with Gasteiger partial charge in [-0.15, -0.1) is 0 Å². The quantitative estimate of drug-likeness (QED) is 0.504. The number of hydrogen-bond acceptors (Lipinski definition) is 6. The minimum atomic E-state index is -4.38. The SMILES string of the molecule is C[C@H]1Cc2ccccc2[C@H]1Nc1ncnc2c1ccn2[C@@H]1C[C@@H](O)[C@H](N(C)S(=O)(=O)O)C1. The van der Waals surface area contributed by atoms with Gasteiger partial charge in [0, 0.05) is 19.3 Å². The van der Waals surface area contributed by atoms with Crippen molar-refractivity contribution >= 4 is 27.2 Å². The molecule has 2 aliphatic rings. The Morgan fingerprint density at radius 2 is 1.97 bits per heavy atom. The number of aliphatic hydroxyl groups is 1. The second kappa shape index (κ2) is 7.80. The number of anilines is 1. The molecule has 2 aromatic heterocycles. The van der Waals surface area contributed by atoms with Gasteiger partial charge in [-0.1, -0.05) is 31.2 Å². The molecule has 1 fully saturated rings. The second-order valence-electron chi connectivity index (χ2n) is 8.94. The average Bonchev–Trinajstić information content (AvgIpc) is 3.42. The van der Waals surface area contributed by atoms with Crippen molar-refractivity contribution in [3.63, 3.8) is 0 Å². The fourth-order valence-corrected chi connectivity index (χ4v) is 5.87. The summed E-state index contributed by atoms with van der Waals surface area (Å²) in [5, 5.41) is 14.9. The van der Waals surface area contributed by atoms with Crippen LogP contribution in [0.4, 0.5) is 5.82 Å². The van der Waals surface area contributed by atoms with Gasteiger partial charge in [-0.25, -0.2) is 9.97 Å². The Balaban J connectivity index is 1.43. The van der Waals surface area contributed by atoms with Crippen LogP contribution in [-0.2, 0) is 16.7 Å². The Morgan fingerprint density at radius 1 is 1.19 bits per heavy atom. The summed E-state index contributed by atoms with van der Waals surface area (Å²) in [5.41, 5.74) is 3.38. The lowest BCUT2D eigenvalue weighted by atomic mass is 10.0. The van der Waals surface area contributed by atoms with Crippen molar-refractivity contribution < 1.29 is 18.1 Å². The highest BCUT2D eigenvalue weighted by atomic mass is 32.2. The first kappa shape index (κ1) is 21.3. The molecule has 3 aromatic rings. The van der Waals surface area contributed by atoms with Crippen molar-refractivity contribution in [1.29, 1.82) is 0 Å². The third-order valence-corrected chi connectivity index (χ3v) is 8.00. The molecule has 0 radical (unpaired) electrons. The molecule has 1 aromatic carbocycles. The van der Waals surface area contributed by atoms with Gasteiger partial charge in [-0.05, 0) is 42.4 Å². The molecule has 0 bridgehead atoms. The molecule has 0 saturated heterocycles. The van der Waals surface area contributed by atoms with E-state index >= 15 is 0 Å². The number of nitrogens with zero attached hydrogens (tertiary/aromatic N) is 4. The molecule has 10 heteroatoms. The highest BCUT2D eigenvalue weighted by molar-refractivity contribution is 7.83. The van der Waals surface area contributed by atoms with Gasteiger partial charge in [0.15, 0.2) is 0 Å². The lowest BCUT2D eigenvalue weighted by Crippen LogP contribution is -2.41. The highest BCUT2D eigenvalue weighted by Gasteiger charge is 2.40. The van der Waals surface area contributed by atoms with E-state index in [-0.39, 0.29) is 12.1 Å². The van der Waals surface area contributed by atoms with Gasteiger partial charge >= 0.3 is 10.3 Å². The summed E-state index contributed by atoms with van der Waals surface area (Å²) >= 11 is 0. The maximum absolute atomic E-state index is 11.5. The Hall–Kier alpha value is -2.53. The molecule has 0 amide bonds. The zero-order valence-corrected chi connectivity index (χ0v) is 18.8. The largest absolute Gasteiger partial charge is 0.391 e. The zero-order valence-electron chi connectivity index (χ0n) is 18.0. The van der Waals surface area contributed by atoms with Crippen molar-refractivity contribution in [2.45, 2.75) is 50.4 Å². The summed E-state index contributed by atoms with van der Waals surface area (Å²) in [6, 6.07) is 9.73. The van der Waals surface area contributed by atoms with Crippen molar-refractivity contribution in [3.05, 3.63) is 54.0 Å². The molecule has 0 aliphatic heterocycles. The maximum atomic E-state index is 11.5. The Labute approximate surface area is 187 Å². The van der Waals surface area contributed by atoms with E-state index in [1.807, 2.05) is 16.8 Å². The van der Waals surface area contributed by atoms with Crippen LogP contribution in [-0.4, -0.2) is 56.1 Å². The van der Waals surface area contributed by atoms with Crippen LogP contribution in [0.1, 0.15) is 43.0 Å². The number of benzene rings is 1. The van der Waals surface area contributed by atoms with Crippen LogP contribution in [0.15, 0.2) is 42.9 Å². The summed E-state index contributed by atoms with van der Waals surface area (Å²) in [4.78, 5) is 8.98. The van der Waals surface area contributed by atoms with Crippen molar-refractivity contribution in [2.24, 2.45) is 5.92 Å². The standard InChI is InChI=1S/C22H27N5O4S/c1-13-9-14-5-3-4-6-16(14)20(13)25-21-17-7-8-27(22(17)24-12-23-21)15-10-18(19(28)11-15)26(2)32(29,30)31/h3-8,12-13,15,18-20,28H,9-11H2,1-2H3,(H,23,24,25)(H,29,30,31)/t13-,15-,18+,19+,20-/m0/s1. The van der Waals surface area contributed by atoms with Crippen molar-refractivity contribution in [2.75, 3.05) is 12.4 Å². The minimum Gasteiger partial charge on any atom is -0.391 e. The fraction of sp³-hybridized carbons (Fsp3) is 0.455. The molecule has 1 saturated carbocycles. The highest BCUT2D eigenvalue weighted by Crippen LogP contribution is 2.40. The molecule has 3 N–H and O–H groups in total. The van der Waals surface area contributed by atoms with E-state index < -0.39 is 22.4 Å². The van der Waals surface area contributed by atoms with Gasteiger partial charge in [0.05, 0.1) is 23.6 Å². The third kappa shape index (κ3) is 3.57. The minimum absolute atomic E-state index is 0.148. The van der Waals surface area contributed by atoms with E-state index in [9.17, 15) is 18.1 Å². The van der Waals surface area contributed by atoms with Crippen LogP contribution >= 0.6 is 0 Å². The summed E-state index contributed by atoms with van der Waals surface area (Å²) in [6.07, 6.45) is 4.32. The fourth-order valence-electron chi connectivity index (χ4n) is 5.30. The lowest BCUT2D eigenvalue weighted by Gasteiger charge is -2.23. The lowest BCUT2D eigenvalue weighted by molar-refractivity contribution is 0.117. The molecule has 9 nitrogen and oxygen atoms in total. The molecule has 2 aliphatic carbocycles. The van der Waals surface area contributed by atoms with Crippen LogP contribution in [0.3, 0.4) is 0 Å². The number of aliphatic hydroxyl groups excluding tert-OH is 1. The molecule has 32 heavy (non-hydrogen) atoms. The summed E-state index contributed by atoms with van der Waals surface area (Å²) < 4.78 is 35.2. The molecule has 5 rings (SSSR count). The zero-order chi connectivity index (χ0) is 22.6. The van der Waals surface area contributed by atoms with Crippen molar-refractivity contribution in [3.8, 4) is 0 Å².